The predicted octanol–water partition coefficient (Wildman–Crippen LogP) is 3.29. The van der Waals surface area contributed by atoms with E-state index < -0.39 is 0 Å². The SMILES string of the molecule is Cc1cc(C)n(-c2ccc(CN3C(=O)c4ccccc4C3=O)cc2)n1. The number of benzene rings is 2. The molecule has 0 radical (unpaired) electrons. The largest absolute Gasteiger partial charge is 0.270 e. The minimum atomic E-state index is -0.233. The summed E-state index contributed by atoms with van der Waals surface area (Å²) in [6.07, 6.45) is 0. The van der Waals surface area contributed by atoms with Crippen LogP contribution in [0.2, 0.25) is 0 Å². The van der Waals surface area contributed by atoms with Gasteiger partial charge in [-0.3, -0.25) is 14.5 Å². The summed E-state index contributed by atoms with van der Waals surface area (Å²) in [4.78, 5) is 26.2. The topological polar surface area (TPSA) is 55.2 Å². The van der Waals surface area contributed by atoms with Crippen molar-refractivity contribution < 1.29 is 9.59 Å². The second kappa shape index (κ2) is 5.70. The average Bonchev–Trinajstić information content (AvgIpc) is 3.08. The summed E-state index contributed by atoms with van der Waals surface area (Å²) >= 11 is 0. The fourth-order valence-electron chi connectivity index (χ4n) is 3.20. The number of aryl methyl sites for hydroxylation is 2. The maximum absolute atomic E-state index is 12.4. The first kappa shape index (κ1) is 15.3. The van der Waals surface area contributed by atoms with Gasteiger partial charge in [0, 0.05) is 5.69 Å². The van der Waals surface area contributed by atoms with Crippen LogP contribution in [-0.4, -0.2) is 26.5 Å². The highest BCUT2D eigenvalue weighted by Gasteiger charge is 2.34. The van der Waals surface area contributed by atoms with Crippen LogP contribution in [0.25, 0.3) is 5.69 Å². The third-order valence-electron chi connectivity index (χ3n) is 4.41. The zero-order valence-corrected chi connectivity index (χ0v) is 14.1. The van der Waals surface area contributed by atoms with E-state index in [9.17, 15) is 9.59 Å². The summed E-state index contributed by atoms with van der Waals surface area (Å²) < 4.78 is 1.88. The molecule has 2 aromatic carbocycles. The Labute approximate surface area is 145 Å². The van der Waals surface area contributed by atoms with Crippen molar-refractivity contribution in [3.05, 3.63) is 82.7 Å². The van der Waals surface area contributed by atoms with Gasteiger partial charge < -0.3 is 0 Å². The van der Waals surface area contributed by atoms with Crippen molar-refractivity contribution in [2.24, 2.45) is 0 Å². The normalized spacial score (nSPS) is 13.4. The number of rotatable bonds is 3. The van der Waals surface area contributed by atoms with Gasteiger partial charge in [0.15, 0.2) is 0 Å². The van der Waals surface area contributed by atoms with Crippen LogP contribution in [0.4, 0.5) is 0 Å². The number of amides is 2. The second-order valence-electron chi connectivity index (χ2n) is 6.25. The molecular formula is C20H17N3O2. The van der Waals surface area contributed by atoms with Crippen molar-refractivity contribution in [1.82, 2.24) is 14.7 Å². The molecule has 2 heterocycles. The number of nitrogens with zero attached hydrogens (tertiary/aromatic N) is 3. The Morgan fingerprint density at radius 1 is 0.880 bits per heavy atom. The second-order valence-corrected chi connectivity index (χ2v) is 6.25. The minimum Gasteiger partial charge on any atom is -0.270 e. The first-order valence-electron chi connectivity index (χ1n) is 8.12. The van der Waals surface area contributed by atoms with Crippen LogP contribution < -0.4 is 0 Å². The van der Waals surface area contributed by atoms with Gasteiger partial charge in [-0.15, -0.1) is 0 Å². The van der Waals surface area contributed by atoms with Crippen LogP contribution in [0.5, 0.6) is 0 Å². The molecule has 1 aromatic heterocycles. The van der Waals surface area contributed by atoms with Gasteiger partial charge in [0.2, 0.25) is 0 Å². The maximum Gasteiger partial charge on any atom is 0.261 e. The van der Waals surface area contributed by atoms with E-state index in [0.717, 1.165) is 22.6 Å². The van der Waals surface area contributed by atoms with Crippen LogP contribution in [0.3, 0.4) is 0 Å². The van der Waals surface area contributed by atoms with Gasteiger partial charge >= 0.3 is 0 Å². The number of imide groups is 1. The summed E-state index contributed by atoms with van der Waals surface area (Å²) in [5.74, 6) is -0.466. The number of carbonyl (C=O) groups is 2. The van der Waals surface area contributed by atoms with Crippen LogP contribution in [0.1, 0.15) is 37.7 Å². The summed E-state index contributed by atoms with van der Waals surface area (Å²) in [5, 5.41) is 4.46. The van der Waals surface area contributed by atoms with Crippen molar-refractivity contribution in [2.45, 2.75) is 20.4 Å². The van der Waals surface area contributed by atoms with Crippen molar-refractivity contribution in [3.63, 3.8) is 0 Å². The van der Waals surface area contributed by atoms with Crippen LogP contribution in [0.15, 0.2) is 54.6 Å². The van der Waals surface area contributed by atoms with Crippen LogP contribution >= 0.6 is 0 Å². The molecular weight excluding hydrogens is 314 g/mol. The molecule has 0 fully saturated rings. The minimum absolute atomic E-state index is 0.233. The number of carbonyl (C=O) groups excluding carboxylic acids is 2. The molecule has 0 saturated heterocycles. The fraction of sp³-hybridized carbons (Fsp3) is 0.150. The Balaban J connectivity index is 1.57. The molecule has 0 spiro atoms. The molecule has 25 heavy (non-hydrogen) atoms. The lowest BCUT2D eigenvalue weighted by atomic mass is 10.1. The number of hydrogen-bond donors (Lipinski definition) is 0. The lowest BCUT2D eigenvalue weighted by Crippen LogP contribution is -2.29. The number of aromatic nitrogens is 2. The molecule has 124 valence electrons. The Morgan fingerprint density at radius 3 is 2.00 bits per heavy atom. The van der Waals surface area contributed by atoms with Gasteiger partial charge in [-0.2, -0.15) is 5.10 Å². The molecule has 4 rings (SSSR count). The van der Waals surface area contributed by atoms with E-state index in [4.69, 9.17) is 0 Å². The molecule has 2 amide bonds. The first-order valence-corrected chi connectivity index (χ1v) is 8.12. The smallest absolute Gasteiger partial charge is 0.261 e. The van der Waals surface area contributed by atoms with Crippen molar-refractivity contribution in [2.75, 3.05) is 0 Å². The lowest BCUT2D eigenvalue weighted by Gasteiger charge is -2.14. The maximum atomic E-state index is 12.4. The Hall–Kier alpha value is -3.21. The zero-order valence-electron chi connectivity index (χ0n) is 14.1. The van der Waals surface area contributed by atoms with Crippen molar-refractivity contribution in [1.29, 1.82) is 0 Å². The Bertz CT molecular complexity index is 951. The third-order valence-corrected chi connectivity index (χ3v) is 4.41. The average molecular weight is 331 g/mol. The fourth-order valence-corrected chi connectivity index (χ4v) is 3.20. The first-order chi connectivity index (χ1) is 12.0. The molecule has 0 unspecified atom stereocenters. The van der Waals surface area contributed by atoms with E-state index in [1.165, 1.54) is 4.90 Å². The van der Waals surface area contributed by atoms with Gasteiger partial charge in [0.25, 0.3) is 11.8 Å². The predicted molar refractivity (Wildman–Crippen MR) is 93.7 cm³/mol. The molecule has 0 saturated carbocycles. The lowest BCUT2D eigenvalue weighted by molar-refractivity contribution is 0.0642. The van der Waals surface area contributed by atoms with E-state index in [2.05, 4.69) is 5.10 Å². The van der Waals surface area contributed by atoms with E-state index >= 15 is 0 Å². The van der Waals surface area contributed by atoms with Gasteiger partial charge in [0.1, 0.15) is 0 Å². The summed E-state index contributed by atoms with van der Waals surface area (Å²) in [6, 6.07) is 16.7. The van der Waals surface area contributed by atoms with Crippen LogP contribution in [0, 0.1) is 13.8 Å². The van der Waals surface area contributed by atoms with Crippen molar-refractivity contribution >= 4 is 11.8 Å². The quantitative estimate of drug-likeness (QED) is 0.692. The van der Waals surface area contributed by atoms with Crippen molar-refractivity contribution in [3.8, 4) is 5.69 Å². The van der Waals surface area contributed by atoms with Gasteiger partial charge in [0.05, 0.1) is 29.1 Å². The summed E-state index contributed by atoms with van der Waals surface area (Å²) in [5.41, 5.74) is 4.84. The molecule has 5 nitrogen and oxygen atoms in total. The third kappa shape index (κ3) is 2.54. The number of fused-ring (bicyclic) bond motifs is 1. The molecule has 0 atom stereocenters. The highest BCUT2D eigenvalue weighted by atomic mass is 16.2. The van der Waals surface area contributed by atoms with Gasteiger partial charge in [-0.25, -0.2) is 4.68 Å². The molecule has 0 bridgehead atoms. The van der Waals surface area contributed by atoms with Gasteiger partial charge in [-0.1, -0.05) is 24.3 Å². The number of hydrogen-bond acceptors (Lipinski definition) is 3. The van der Waals surface area contributed by atoms with E-state index in [0.29, 0.717) is 11.1 Å². The van der Waals surface area contributed by atoms with E-state index in [-0.39, 0.29) is 18.4 Å². The summed E-state index contributed by atoms with van der Waals surface area (Å²) in [7, 11) is 0. The molecule has 1 aliphatic rings. The Morgan fingerprint density at radius 2 is 1.48 bits per heavy atom. The molecule has 3 aromatic rings. The van der Waals surface area contributed by atoms with E-state index in [1.807, 2.05) is 48.9 Å². The monoisotopic (exact) mass is 331 g/mol. The van der Waals surface area contributed by atoms with E-state index in [1.54, 1.807) is 24.3 Å². The zero-order chi connectivity index (χ0) is 17.6. The molecule has 0 aliphatic carbocycles. The highest BCUT2D eigenvalue weighted by Crippen LogP contribution is 2.24. The van der Waals surface area contributed by atoms with Crippen LogP contribution in [-0.2, 0) is 6.54 Å². The van der Waals surface area contributed by atoms with Gasteiger partial charge in [-0.05, 0) is 49.7 Å². The summed E-state index contributed by atoms with van der Waals surface area (Å²) in [6.45, 7) is 4.23. The molecule has 5 heteroatoms. The standard InChI is InChI=1S/C20H17N3O2/c1-13-11-14(2)23(21-13)16-9-7-15(8-10-16)12-22-19(24)17-5-3-4-6-18(17)20(22)25/h3-11H,12H2,1-2H3. The molecule has 1 aliphatic heterocycles. The Kier molecular flexibility index (Phi) is 3.50. The molecule has 0 N–H and O–H groups in total. The highest BCUT2D eigenvalue weighted by molar-refractivity contribution is 6.21.